The molecule has 0 unspecified atom stereocenters. The van der Waals surface area contributed by atoms with Crippen LogP contribution in [0.25, 0.3) is 10.9 Å². The first-order chi connectivity index (χ1) is 15.3. The van der Waals surface area contributed by atoms with E-state index in [2.05, 4.69) is 15.3 Å². The Labute approximate surface area is 187 Å². The Balaban J connectivity index is 1.46. The molecule has 7 nitrogen and oxygen atoms in total. The van der Waals surface area contributed by atoms with E-state index in [1.807, 2.05) is 0 Å². The number of fused-ring (bicyclic) bond motifs is 1. The number of nitrogens with one attached hydrogen (secondary N) is 1. The number of nitrogens with two attached hydrogens (primary N) is 1. The molecule has 2 aromatic carbocycles. The zero-order valence-corrected chi connectivity index (χ0v) is 17.6. The predicted molar refractivity (Wildman–Crippen MR) is 116 cm³/mol. The molecule has 3 N–H and O–H groups in total. The highest BCUT2D eigenvalue weighted by atomic mass is 35.5. The van der Waals surface area contributed by atoms with E-state index in [-0.39, 0.29) is 36.5 Å². The minimum absolute atomic E-state index is 0.0380. The highest BCUT2D eigenvalue weighted by Crippen LogP contribution is 2.24. The van der Waals surface area contributed by atoms with E-state index in [1.54, 1.807) is 24.3 Å². The summed E-state index contributed by atoms with van der Waals surface area (Å²) in [6.45, 7) is -0.300. The lowest BCUT2D eigenvalue weighted by atomic mass is 10.1. The third kappa shape index (κ3) is 4.47. The van der Waals surface area contributed by atoms with Gasteiger partial charge in [0.25, 0.3) is 0 Å². The van der Waals surface area contributed by atoms with Crippen molar-refractivity contribution in [2.45, 2.75) is 31.6 Å². The van der Waals surface area contributed by atoms with Crippen molar-refractivity contribution in [2.75, 3.05) is 12.3 Å². The van der Waals surface area contributed by atoms with Gasteiger partial charge in [0.2, 0.25) is 11.8 Å². The molecule has 1 aliphatic rings. The fourth-order valence-corrected chi connectivity index (χ4v) is 4.00. The van der Waals surface area contributed by atoms with Gasteiger partial charge in [0, 0.05) is 23.9 Å². The smallest absolute Gasteiger partial charge is 0.243 e. The quantitative estimate of drug-likeness (QED) is 0.611. The van der Waals surface area contributed by atoms with Gasteiger partial charge in [0.15, 0.2) is 0 Å². The number of aromatic nitrogens is 2. The summed E-state index contributed by atoms with van der Waals surface area (Å²) in [7, 11) is 0. The van der Waals surface area contributed by atoms with Crippen LogP contribution in [-0.2, 0) is 22.6 Å². The molecule has 0 spiro atoms. The topological polar surface area (TPSA) is 101 Å². The minimum Gasteiger partial charge on any atom is -0.383 e. The molecule has 1 aliphatic heterocycles. The van der Waals surface area contributed by atoms with Crippen LogP contribution in [0.5, 0.6) is 0 Å². The van der Waals surface area contributed by atoms with Crippen molar-refractivity contribution in [1.29, 1.82) is 0 Å². The van der Waals surface area contributed by atoms with Crippen LogP contribution in [0.1, 0.15) is 17.5 Å². The Bertz CT molecular complexity index is 1190. The molecule has 10 heteroatoms. The molecule has 2 amide bonds. The van der Waals surface area contributed by atoms with Crippen molar-refractivity contribution in [1.82, 2.24) is 20.2 Å². The fraction of sp³-hybridized carbons (Fsp3) is 0.273. The van der Waals surface area contributed by atoms with Gasteiger partial charge in [0.1, 0.15) is 30.2 Å². The number of alkyl halides is 1. The number of carbonyl (C=O) groups is 2. The number of rotatable bonds is 5. The minimum atomic E-state index is -1.32. The molecule has 0 radical (unpaired) electrons. The molecule has 0 aliphatic carbocycles. The molecular formula is C22H20ClF2N5O2. The number of benzene rings is 2. The molecular weight excluding hydrogens is 440 g/mol. The number of halogens is 3. The van der Waals surface area contributed by atoms with Gasteiger partial charge in [-0.3, -0.25) is 9.59 Å². The van der Waals surface area contributed by atoms with Gasteiger partial charge in [-0.15, -0.1) is 0 Å². The Kier molecular flexibility index (Phi) is 6.18. The summed E-state index contributed by atoms with van der Waals surface area (Å²) in [5.74, 6) is -1.28. The van der Waals surface area contributed by atoms with Crippen LogP contribution in [0.15, 0.2) is 42.7 Å². The van der Waals surface area contributed by atoms with E-state index >= 15 is 0 Å². The third-order valence-corrected chi connectivity index (χ3v) is 5.74. The summed E-state index contributed by atoms with van der Waals surface area (Å²) in [4.78, 5) is 34.9. The van der Waals surface area contributed by atoms with Gasteiger partial charge in [0.05, 0.1) is 23.5 Å². The van der Waals surface area contributed by atoms with Crippen molar-refractivity contribution >= 4 is 40.1 Å². The average Bonchev–Trinajstić information content (AvgIpc) is 3.17. The maximum absolute atomic E-state index is 14.1. The van der Waals surface area contributed by atoms with Crippen molar-refractivity contribution in [3.63, 3.8) is 0 Å². The van der Waals surface area contributed by atoms with Crippen molar-refractivity contribution < 1.29 is 18.4 Å². The van der Waals surface area contributed by atoms with Gasteiger partial charge in [-0.2, -0.15) is 0 Å². The standard InChI is InChI=1S/C22H20ClF2N5O2/c23-16-3-1-2-13(20(16)25)9-27-22(32)18-8-14(24)10-30(18)19(31)7-12-4-5-17-15(6-12)21(26)29-11-28-17/h1-6,11,14,18H,7-10H2,(H,27,32)(H2,26,28,29)/t14-,18-/m1/s1. The second-order valence-electron chi connectivity index (χ2n) is 7.61. The molecule has 3 aromatic rings. The average molecular weight is 460 g/mol. The van der Waals surface area contributed by atoms with E-state index < -0.39 is 29.8 Å². The van der Waals surface area contributed by atoms with E-state index in [1.165, 1.54) is 23.4 Å². The van der Waals surface area contributed by atoms with Crippen LogP contribution in [0.4, 0.5) is 14.6 Å². The van der Waals surface area contributed by atoms with E-state index in [9.17, 15) is 18.4 Å². The van der Waals surface area contributed by atoms with Crippen molar-refractivity contribution in [3.8, 4) is 0 Å². The van der Waals surface area contributed by atoms with E-state index in [0.29, 0.717) is 22.3 Å². The van der Waals surface area contributed by atoms with E-state index in [0.717, 1.165) is 0 Å². The zero-order chi connectivity index (χ0) is 22.8. The number of nitrogen functional groups attached to an aromatic ring is 1. The molecule has 166 valence electrons. The number of hydrogen-bond acceptors (Lipinski definition) is 5. The van der Waals surface area contributed by atoms with Crippen molar-refractivity contribution in [2.24, 2.45) is 0 Å². The lowest BCUT2D eigenvalue weighted by molar-refractivity contribution is -0.138. The first-order valence-corrected chi connectivity index (χ1v) is 10.3. The van der Waals surface area contributed by atoms with Crippen LogP contribution >= 0.6 is 11.6 Å². The second kappa shape index (κ2) is 9.04. The lowest BCUT2D eigenvalue weighted by Crippen LogP contribution is -2.46. The van der Waals surface area contributed by atoms with Crippen LogP contribution in [-0.4, -0.2) is 45.4 Å². The van der Waals surface area contributed by atoms with Crippen molar-refractivity contribution in [3.05, 3.63) is 64.7 Å². The number of amides is 2. The lowest BCUT2D eigenvalue weighted by Gasteiger charge is -2.24. The first kappa shape index (κ1) is 21.9. The van der Waals surface area contributed by atoms with Gasteiger partial charge >= 0.3 is 0 Å². The number of hydrogen-bond donors (Lipinski definition) is 2. The number of likely N-dealkylation sites (tertiary alicyclic amines) is 1. The van der Waals surface area contributed by atoms with Crippen LogP contribution in [0.2, 0.25) is 5.02 Å². The summed E-state index contributed by atoms with van der Waals surface area (Å²) < 4.78 is 28.2. The SMILES string of the molecule is Nc1ncnc2ccc(CC(=O)N3C[C@H](F)C[C@@H]3C(=O)NCc3cccc(Cl)c3F)cc12. The summed E-state index contributed by atoms with van der Waals surface area (Å²) in [5.41, 5.74) is 7.37. The first-order valence-electron chi connectivity index (χ1n) is 9.96. The van der Waals surface area contributed by atoms with E-state index in [4.69, 9.17) is 17.3 Å². The summed E-state index contributed by atoms with van der Waals surface area (Å²) in [5, 5.41) is 3.13. The maximum Gasteiger partial charge on any atom is 0.243 e. The molecule has 1 saturated heterocycles. The predicted octanol–water partition coefficient (Wildman–Crippen LogP) is 2.80. The maximum atomic E-state index is 14.1. The summed E-state index contributed by atoms with van der Waals surface area (Å²) >= 11 is 5.76. The Hall–Kier alpha value is -3.33. The second-order valence-corrected chi connectivity index (χ2v) is 8.02. The molecule has 0 bridgehead atoms. The van der Waals surface area contributed by atoms with Gasteiger partial charge < -0.3 is 16.0 Å². The number of carbonyl (C=O) groups excluding carboxylic acids is 2. The van der Waals surface area contributed by atoms with Crippen LogP contribution < -0.4 is 11.1 Å². The highest BCUT2D eigenvalue weighted by Gasteiger charge is 2.39. The Morgan fingerprint density at radius 2 is 2.06 bits per heavy atom. The van der Waals surface area contributed by atoms with Gasteiger partial charge in [-0.05, 0) is 23.8 Å². The molecule has 4 rings (SSSR count). The molecule has 2 atom stereocenters. The molecule has 0 saturated carbocycles. The molecule has 1 aromatic heterocycles. The normalized spacial score (nSPS) is 18.2. The Morgan fingerprint density at radius 1 is 1.25 bits per heavy atom. The monoisotopic (exact) mass is 459 g/mol. The number of anilines is 1. The largest absolute Gasteiger partial charge is 0.383 e. The van der Waals surface area contributed by atoms with Gasteiger partial charge in [-0.1, -0.05) is 29.8 Å². The molecule has 2 heterocycles. The highest BCUT2D eigenvalue weighted by molar-refractivity contribution is 6.30. The van der Waals surface area contributed by atoms with Gasteiger partial charge in [-0.25, -0.2) is 18.7 Å². The van der Waals surface area contributed by atoms with Crippen LogP contribution in [0, 0.1) is 5.82 Å². The summed E-state index contributed by atoms with van der Waals surface area (Å²) in [6.07, 6.45) is -0.122. The Morgan fingerprint density at radius 3 is 2.88 bits per heavy atom. The summed E-state index contributed by atoms with van der Waals surface area (Å²) in [6, 6.07) is 8.65. The van der Waals surface area contributed by atoms with Crippen LogP contribution in [0.3, 0.4) is 0 Å². The third-order valence-electron chi connectivity index (χ3n) is 5.44. The molecule has 32 heavy (non-hydrogen) atoms. The fourth-order valence-electron chi connectivity index (χ4n) is 3.80. The zero-order valence-electron chi connectivity index (χ0n) is 16.9. The number of nitrogens with zero attached hydrogens (tertiary/aromatic N) is 3. The molecule has 1 fully saturated rings.